The molecule has 3 aromatic rings. The van der Waals surface area contributed by atoms with Crippen molar-refractivity contribution in [1.29, 1.82) is 0 Å². The number of para-hydroxylation sites is 2. The van der Waals surface area contributed by atoms with Crippen LogP contribution >= 0.6 is 11.3 Å². The van der Waals surface area contributed by atoms with Gasteiger partial charge in [-0.3, -0.25) is 0 Å². The lowest BCUT2D eigenvalue weighted by molar-refractivity contribution is 0.789. The molecular formula is C13H13N5S. The van der Waals surface area contributed by atoms with Crippen molar-refractivity contribution >= 4 is 17.0 Å². The van der Waals surface area contributed by atoms with E-state index < -0.39 is 0 Å². The van der Waals surface area contributed by atoms with Crippen molar-refractivity contribution in [2.24, 2.45) is 0 Å². The Morgan fingerprint density at radius 1 is 1.21 bits per heavy atom. The van der Waals surface area contributed by atoms with Gasteiger partial charge in [-0.1, -0.05) is 12.1 Å². The van der Waals surface area contributed by atoms with Gasteiger partial charge in [-0.15, -0.1) is 16.4 Å². The fourth-order valence-corrected chi connectivity index (χ4v) is 2.69. The summed E-state index contributed by atoms with van der Waals surface area (Å²) in [5.41, 5.74) is 1.96. The maximum atomic E-state index is 3.92. The van der Waals surface area contributed by atoms with Gasteiger partial charge in [0, 0.05) is 16.3 Å². The molecule has 0 saturated heterocycles. The zero-order valence-corrected chi connectivity index (χ0v) is 11.3. The molecule has 0 radical (unpaired) electrons. The predicted molar refractivity (Wildman–Crippen MR) is 75.5 cm³/mol. The van der Waals surface area contributed by atoms with Crippen LogP contribution in [-0.2, 0) is 6.54 Å². The number of anilines is 1. The van der Waals surface area contributed by atoms with Crippen molar-refractivity contribution in [3.05, 3.63) is 52.5 Å². The minimum absolute atomic E-state index is 0.803. The van der Waals surface area contributed by atoms with E-state index >= 15 is 0 Å². The summed E-state index contributed by atoms with van der Waals surface area (Å²) in [6, 6.07) is 12.3. The number of nitrogens with zero attached hydrogens (tertiary/aromatic N) is 4. The van der Waals surface area contributed by atoms with Crippen molar-refractivity contribution in [2.75, 3.05) is 5.32 Å². The molecule has 2 heterocycles. The van der Waals surface area contributed by atoms with Gasteiger partial charge in [-0.05, 0) is 41.6 Å². The molecule has 0 atom stereocenters. The lowest BCUT2D eigenvalue weighted by Gasteiger charge is -2.10. The van der Waals surface area contributed by atoms with Crippen LogP contribution < -0.4 is 5.32 Å². The van der Waals surface area contributed by atoms with Crippen LogP contribution in [0.2, 0.25) is 0 Å². The number of aryl methyl sites for hydroxylation is 1. The summed E-state index contributed by atoms with van der Waals surface area (Å²) in [5.74, 6) is 0. The third kappa shape index (κ3) is 2.63. The molecule has 0 unspecified atom stereocenters. The largest absolute Gasteiger partial charge is 0.378 e. The zero-order valence-electron chi connectivity index (χ0n) is 10.4. The third-order valence-electron chi connectivity index (χ3n) is 2.75. The first-order valence-electron chi connectivity index (χ1n) is 5.94. The normalized spacial score (nSPS) is 10.6. The van der Waals surface area contributed by atoms with Crippen LogP contribution in [0.3, 0.4) is 0 Å². The van der Waals surface area contributed by atoms with Crippen LogP contribution in [-0.4, -0.2) is 20.2 Å². The summed E-state index contributed by atoms with van der Waals surface area (Å²) in [4.78, 5) is 2.63. The Hall–Kier alpha value is -2.21. The molecule has 0 saturated carbocycles. The molecule has 19 heavy (non-hydrogen) atoms. The van der Waals surface area contributed by atoms with Gasteiger partial charge in [-0.25, -0.2) is 0 Å². The molecule has 0 fully saturated rings. The highest BCUT2D eigenvalue weighted by Gasteiger charge is 2.05. The summed E-state index contributed by atoms with van der Waals surface area (Å²) < 4.78 is 1.65. The van der Waals surface area contributed by atoms with Crippen molar-refractivity contribution in [2.45, 2.75) is 13.5 Å². The van der Waals surface area contributed by atoms with Crippen LogP contribution in [0.15, 0.2) is 42.7 Å². The minimum atomic E-state index is 0.803. The van der Waals surface area contributed by atoms with Gasteiger partial charge in [0.15, 0.2) is 0 Å². The first kappa shape index (κ1) is 11.9. The average Bonchev–Trinajstić information content (AvgIpc) is 3.08. The number of thiophene rings is 1. The Kier molecular flexibility index (Phi) is 3.24. The first-order valence-corrected chi connectivity index (χ1v) is 6.76. The van der Waals surface area contributed by atoms with Gasteiger partial charge < -0.3 is 5.32 Å². The Morgan fingerprint density at radius 2 is 2.11 bits per heavy atom. The van der Waals surface area contributed by atoms with Gasteiger partial charge in [0.2, 0.25) is 0 Å². The molecule has 0 aliphatic rings. The summed E-state index contributed by atoms with van der Waals surface area (Å²) in [6.45, 7) is 2.92. The highest BCUT2D eigenvalue weighted by Crippen LogP contribution is 2.21. The summed E-state index contributed by atoms with van der Waals surface area (Å²) in [7, 11) is 0. The number of aromatic nitrogens is 4. The van der Waals surface area contributed by atoms with Crippen LogP contribution in [0.4, 0.5) is 5.69 Å². The van der Waals surface area contributed by atoms with E-state index in [0.29, 0.717) is 0 Å². The zero-order chi connectivity index (χ0) is 13.1. The highest BCUT2D eigenvalue weighted by atomic mass is 32.1. The van der Waals surface area contributed by atoms with E-state index in [9.17, 15) is 0 Å². The number of nitrogens with one attached hydrogen (secondary N) is 1. The first-order chi connectivity index (χ1) is 9.33. The van der Waals surface area contributed by atoms with Gasteiger partial charge >= 0.3 is 0 Å². The molecule has 0 aliphatic heterocycles. The maximum absolute atomic E-state index is 3.92. The molecular weight excluding hydrogens is 258 g/mol. The van der Waals surface area contributed by atoms with Crippen molar-refractivity contribution in [1.82, 2.24) is 20.2 Å². The maximum Gasteiger partial charge on any atom is 0.143 e. The average molecular weight is 271 g/mol. The van der Waals surface area contributed by atoms with E-state index in [4.69, 9.17) is 0 Å². The lowest BCUT2D eigenvalue weighted by Crippen LogP contribution is -2.04. The number of benzene rings is 1. The van der Waals surface area contributed by atoms with Crippen LogP contribution in [0.25, 0.3) is 5.69 Å². The SMILES string of the molecule is Cc1ccc(CNc2ccccc2-n2cnnn2)s1. The fourth-order valence-electron chi connectivity index (χ4n) is 1.86. The quantitative estimate of drug-likeness (QED) is 0.792. The van der Waals surface area contributed by atoms with Crippen molar-refractivity contribution in [3.8, 4) is 5.69 Å². The number of hydrogen-bond donors (Lipinski definition) is 1. The van der Waals surface area contributed by atoms with Gasteiger partial charge in [0.05, 0.1) is 11.4 Å². The second-order valence-corrected chi connectivity index (χ2v) is 5.51. The van der Waals surface area contributed by atoms with E-state index in [-0.39, 0.29) is 0 Å². The highest BCUT2D eigenvalue weighted by molar-refractivity contribution is 7.11. The van der Waals surface area contributed by atoms with Crippen LogP contribution in [0.5, 0.6) is 0 Å². The van der Waals surface area contributed by atoms with Crippen molar-refractivity contribution in [3.63, 3.8) is 0 Å². The summed E-state index contributed by atoms with van der Waals surface area (Å²) in [5, 5.41) is 14.7. The molecule has 0 amide bonds. The number of hydrogen-bond acceptors (Lipinski definition) is 5. The lowest BCUT2D eigenvalue weighted by atomic mass is 10.2. The summed E-state index contributed by atoms with van der Waals surface area (Å²) >= 11 is 1.80. The second kappa shape index (κ2) is 5.19. The molecule has 5 nitrogen and oxygen atoms in total. The van der Waals surface area contributed by atoms with Crippen LogP contribution in [0.1, 0.15) is 9.75 Å². The van der Waals surface area contributed by atoms with E-state index in [1.807, 2.05) is 24.3 Å². The van der Waals surface area contributed by atoms with E-state index in [2.05, 4.69) is 39.9 Å². The molecule has 1 aromatic carbocycles. The molecule has 2 aromatic heterocycles. The van der Waals surface area contributed by atoms with E-state index in [0.717, 1.165) is 17.9 Å². The molecule has 1 N–H and O–H groups in total. The number of tetrazole rings is 1. The smallest absolute Gasteiger partial charge is 0.143 e. The topological polar surface area (TPSA) is 55.6 Å². The van der Waals surface area contributed by atoms with Gasteiger partial charge in [0.25, 0.3) is 0 Å². The Labute approximate surface area is 114 Å². The Morgan fingerprint density at radius 3 is 2.84 bits per heavy atom. The Bertz CT molecular complexity index is 659. The van der Waals surface area contributed by atoms with Gasteiger partial charge in [-0.2, -0.15) is 4.68 Å². The third-order valence-corrected chi connectivity index (χ3v) is 3.75. The molecule has 0 aliphatic carbocycles. The Balaban J connectivity index is 1.81. The fraction of sp³-hybridized carbons (Fsp3) is 0.154. The summed E-state index contributed by atoms with van der Waals surface area (Å²) in [6.07, 6.45) is 1.59. The molecule has 3 rings (SSSR count). The molecule has 96 valence electrons. The van der Waals surface area contributed by atoms with Gasteiger partial charge in [0.1, 0.15) is 6.33 Å². The molecule has 6 heteroatoms. The molecule has 0 bridgehead atoms. The predicted octanol–water partition coefficient (Wildman–Crippen LogP) is 2.64. The number of rotatable bonds is 4. The second-order valence-electron chi connectivity index (χ2n) is 4.14. The van der Waals surface area contributed by atoms with E-state index in [1.54, 1.807) is 22.3 Å². The monoisotopic (exact) mass is 271 g/mol. The van der Waals surface area contributed by atoms with Crippen molar-refractivity contribution < 1.29 is 0 Å². The van der Waals surface area contributed by atoms with Crippen LogP contribution in [0, 0.1) is 6.92 Å². The van der Waals surface area contributed by atoms with E-state index in [1.165, 1.54) is 9.75 Å². The minimum Gasteiger partial charge on any atom is -0.378 e. The standard InChI is InChI=1S/C13H13N5S/c1-10-6-7-11(19-10)8-14-12-4-2-3-5-13(12)18-9-15-16-17-18/h2-7,9,14H,8H2,1H3. The molecule has 0 spiro atoms.